The summed E-state index contributed by atoms with van der Waals surface area (Å²) in [6.07, 6.45) is 1.52. The average molecular weight is 256 g/mol. The van der Waals surface area contributed by atoms with Gasteiger partial charge in [0.1, 0.15) is 5.75 Å². The second-order valence-electron chi connectivity index (χ2n) is 2.66. The van der Waals surface area contributed by atoms with Gasteiger partial charge in [-0.1, -0.05) is 0 Å². The molecule has 1 rings (SSSR count). The number of hydrogen-bond donors (Lipinski definition) is 0. The van der Waals surface area contributed by atoms with Crippen LogP contribution in [0.3, 0.4) is 0 Å². The highest BCUT2D eigenvalue weighted by molar-refractivity contribution is 9.10. The van der Waals surface area contributed by atoms with Crippen molar-refractivity contribution in [2.75, 3.05) is 6.61 Å². The fourth-order valence-corrected chi connectivity index (χ4v) is 1.68. The first-order valence-electron chi connectivity index (χ1n) is 4.20. The third-order valence-electron chi connectivity index (χ3n) is 1.78. The molecule has 0 aromatic heterocycles. The van der Waals surface area contributed by atoms with E-state index in [0.29, 0.717) is 12.3 Å². The van der Waals surface area contributed by atoms with Crippen molar-refractivity contribution in [3.63, 3.8) is 0 Å². The van der Waals surface area contributed by atoms with Crippen molar-refractivity contribution in [2.24, 2.45) is 4.99 Å². The van der Waals surface area contributed by atoms with Gasteiger partial charge < -0.3 is 4.74 Å². The first kappa shape index (κ1) is 11.0. The van der Waals surface area contributed by atoms with Crippen molar-refractivity contribution in [2.45, 2.75) is 13.8 Å². The maximum absolute atomic E-state index is 10.1. The topological polar surface area (TPSA) is 38.7 Å². The zero-order valence-electron chi connectivity index (χ0n) is 8.00. The summed E-state index contributed by atoms with van der Waals surface area (Å²) in [5.41, 5.74) is 1.43. The third kappa shape index (κ3) is 2.22. The van der Waals surface area contributed by atoms with Crippen LogP contribution in [0.15, 0.2) is 21.6 Å². The minimum Gasteiger partial charge on any atom is -0.492 e. The Bertz CT molecular complexity index is 384. The van der Waals surface area contributed by atoms with Crippen molar-refractivity contribution in [1.82, 2.24) is 0 Å². The number of ether oxygens (including phenoxy) is 1. The Morgan fingerprint density at radius 1 is 1.57 bits per heavy atom. The number of isocyanates is 1. The summed E-state index contributed by atoms with van der Waals surface area (Å²) in [5.74, 6) is 0.726. The van der Waals surface area contributed by atoms with Crippen molar-refractivity contribution < 1.29 is 9.53 Å². The smallest absolute Gasteiger partial charge is 0.240 e. The molecule has 0 fully saturated rings. The van der Waals surface area contributed by atoms with Crippen LogP contribution in [-0.2, 0) is 4.79 Å². The van der Waals surface area contributed by atoms with E-state index in [2.05, 4.69) is 20.9 Å². The molecular formula is C10H10BrNO2. The van der Waals surface area contributed by atoms with E-state index in [1.807, 2.05) is 13.8 Å². The molecule has 0 aliphatic carbocycles. The molecule has 0 N–H and O–H groups in total. The standard InChI is InChI=1S/C10H10BrNO2/c1-3-14-10-7(2)9(12-6-13)5-4-8(10)11/h4-5H,3H2,1-2H3. The van der Waals surface area contributed by atoms with E-state index in [9.17, 15) is 4.79 Å². The molecular weight excluding hydrogens is 246 g/mol. The molecule has 0 spiro atoms. The van der Waals surface area contributed by atoms with Crippen molar-refractivity contribution in [1.29, 1.82) is 0 Å². The Balaban J connectivity index is 3.25. The molecule has 0 unspecified atom stereocenters. The van der Waals surface area contributed by atoms with Gasteiger partial charge in [0.15, 0.2) is 0 Å². The van der Waals surface area contributed by atoms with Gasteiger partial charge in [0, 0.05) is 5.56 Å². The minimum absolute atomic E-state index is 0.577. The number of carbonyl (C=O) groups excluding carboxylic acids is 1. The van der Waals surface area contributed by atoms with Crippen LogP contribution in [0.4, 0.5) is 5.69 Å². The quantitative estimate of drug-likeness (QED) is 0.615. The Morgan fingerprint density at radius 2 is 2.29 bits per heavy atom. The molecule has 1 aromatic carbocycles. The number of nitrogens with zero attached hydrogens (tertiary/aromatic N) is 1. The van der Waals surface area contributed by atoms with Crippen LogP contribution in [0.2, 0.25) is 0 Å². The highest BCUT2D eigenvalue weighted by Crippen LogP contribution is 2.34. The molecule has 0 bridgehead atoms. The number of benzene rings is 1. The highest BCUT2D eigenvalue weighted by Gasteiger charge is 2.08. The van der Waals surface area contributed by atoms with Crippen LogP contribution in [0.1, 0.15) is 12.5 Å². The van der Waals surface area contributed by atoms with Gasteiger partial charge in [0.05, 0.1) is 16.8 Å². The Kier molecular flexibility index (Phi) is 3.86. The molecule has 74 valence electrons. The molecule has 0 saturated heterocycles. The van der Waals surface area contributed by atoms with Crippen LogP contribution in [0.5, 0.6) is 5.75 Å². The van der Waals surface area contributed by atoms with Crippen LogP contribution in [0, 0.1) is 6.92 Å². The zero-order chi connectivity index (χ0) is 10.6. The zero-order valence-corrected chi connectivity index (χ0v) is 9.59. The Morgan fingerprint density at radius 3 is 2.86 bits per heavy atom. The summed E-state index contributed by atoms with van der Waals surface area (Å²) in [7, 11) is 0. The maximum Gasteiger partial charge on any atom is 0.240 e. The summed E-state index contributed by atoms with van der Waals surface area (Å²) >= 11 is 3.37. The van der Waals surface area contributed by atoms with Crippen LogP contribution in [0.25, 0.3) is 0 Å². The summed E-state index contributed by atoms with van der Waals surface area (Å²) in [6.45, 7) is 4.33. The lowest BCUT2D eigenvalue weighted by Gasteiger charge is -2.10. The molecule has 0 amide bonds. The first-order chi connectivity index (χ1) is 6.70. The van der Waals surface area contributed by atoms with Gasteiger partial charge in [0.25, 0.3) is 0 Å². The van der Waals surface area contributed by atoms with E-state index in [1.165, 1.54) is 6.08 Å². The molecule has 0 heterocycles. The van der Waals surface area contributed by atoms with Crippen LogP contribution in [-0.4, -0.2) is 12.7 Å². The maximum atomic E-state index is 10.1. The predicted octanol–water partition coefficient (Wildman–Crippen LogP) is 3.12. The lowest BCUT2D eigenvalue weighted by molar-refractivity contribution is 0.336. The summed E-state index contributed by atoms with van der Waals surface area (Å²) in [6, 6.07) is 3.54. The predicted molar refractivity (Wildman–Crippen MR) is 57.8 cm³/mol. The Labute approximate surface area is 90.9 Å². The lowest BCUT2D eigenvalue weighted by atomic mass is 10.2. The van der Waals surface area contributed by atoms with E-state index < -0.39 is 0 Å². The monoisotopic (exact) mass is 255 g/mol. The van der Waals surface area contributed by atoms with E-state index in [1.54, 1.807) is 12.1 Å². The number of rotatable bonds is 3. The summed E-state index contributed by atoms with van der Waals surface area (Å²) in [5, 5.41) is 0. The van der Waals surface area contributed by atoms with Crippen molar-refractivity contribution >= 4 is 27.7 Å². The van der Waals surface area contributed by atoms with Gasteiger partial charge in [-0.3, -0.25) is 0 Å². The van der Waals surface area contributed by atoms with E-state index in [-0.39, 0.29) is 0 Å². The van der Waals surface area contributed by atoms with Gasteiger partial charge in [0.2, 0.25) is 6.08 Å². The number of halogens is 1. The summed E-state index contributed by atoms with van der Waals surface area (Å²) in [4.78, 5) is 13.7. The van der Waals surface area contributed by atoms with Crippen LogP contribution < -0.4 is 4.74 Å². The van der Waals surface area contributed by atoms with Gasteiger partial charge in [-0.15, -0.1) is 0 Å². The molecule has 1 aromatic rings. The molecule has 3 nitrogen and oxygen atoms in total. The van der Waals surface area contributed by atoms with Gasteiger partial charge in [-0.05, 0) is 41.9 Å². The largest absolute Gasteiger partial charge is 0.492 e. The molecule has 0 aliphatic heterocycles. The fourth-order valence-electron chi connectivity index (χ4n) is 1.14. The lowest BCUT2D eigenvalue weighted by Crippen LogP contribution is -1.95. The van der Waals surface area contributed by atoms with Gasteiger partial charge in [-0.2, -0.15) is 4.99 Å². The van der Waals surface area contributed by atoms with E-state index >= 15 is 0 Å². The number of hydrogen-bond acceptors (Lipinski definition) is 3. The van der Waals surface area contributed by atoms with Gasteiger partial charge >= 0.3 is 0 Å². The van der Waals surface area contributed by atoms with Crippen molar-refractivity contribution in [3.05, 3.63) is 22.2 Å². The normalized spacial score (nSPS) is 9.36. The van der Waals surface area contributed by atoms with Gasteiger partial charge in [-0.25, -0.2) is 4.79 Å². The van der Waals surface area contributed by atoms with Crippen molar-refractivity contribution in [3.8, 4) is 5.75 Å². The average Bonchev–Trinajstić information content (AvgIpc) is 2.17. The first-order valence-corrected chi connectivity index (χ1v) is 4.99. The minimum atomic E-state index is 0.577. The second-order valence-corrected chi connectivity index (χ2v) is 3.51. The SMILES string of the molecule is CCOc1c(Br)ccc(N=C=O)c1C. The number of aliphatic imine (C=N–C) groups is 1. The highest BCUT2D eigenvalue weighted by atomic mass is 79.9. The van der Waals surface area contributed by atoms with E-state index in [4.69, 9.17) is 4.74 Å². The van der Waals surface area contributed by atoms with E-state index in [0.717, 1.165) is 15.8 Å². The summed E-state index contributed by atoms with van der Waals surface area (Å²) < 4.78 is 6.28. The second kappa shape index (κ2) is 4.94. The molecule has 14 heavy (non-hydrogen) atoms. The fraction of sp³-hybridized carbons (Fsp3) is 0.300. The molecule has 0 radical (unpaired) electrons. The molecule has 0 atom stereocenters. The molecule has 0 aliphatic rings. The van der Waals surface area contributed by atoms with Crippen LogP contribution >= 0.6 is 15.9 Å². The third-order valence-corrected chi connectivity index (χ3v) is 2.41. The molecule has 4 heteroatoms. The molecule has 0 saturated carbocycles. The Hall–Kier alpha value is -1.12.